The Kier molecular flexibility index (Phi) is 58.1. The summed E-state index contributed by atoms with van der Waals surface area (Å²) in [5, 5.41) is 34.4. The van der Waals surface area contributed by atoms with Crippen LogP contribution in [0.15, 0.2) is 0 Å². The van der Waals surface area contributed by atoms with Gasteiger partial charge in [0.2, 0.25) is 0 Å². The van der Waals surface area contributed by atoms with E-state index in [4.69, 9.17) is 0 Å². The van der Waals surface area contributed by atoms with Crippen LogP contribution in [0, 0.1) is 0 Å². The van der Waals surface area contributed by atoms with Crippen LogP contribution in [-0.2, 0) is 0 Å². The van der Waals surface area contributed by atoms with Gasteiger partial charge in [-0.25, -0.2) is 0 Å². The van der Waals surface area contributed by atoms with E-state index in [0.29, 0.717) is 13.1 Å². The molecule has 8 nitrogen and oxygen atoms in total. The maximum atomic E-state index is 11.5. The summed E-state index contributed by atoms with van der Waals surface area (Å²) in [7, 11) is 0. The van der Waals surface area contributed by atoms with E-state index in [1.54, 1.807) is 0 Å². The first-order valence-corrected chi connectivity index (χ1v) is 36.0. The summed E-state index contributed by atoms with van der Waals surface area (Å²) in [6, 6.07) is 0. The zero-order chi connectivity index (χ0) is 56.5. The van der Waals surface area contributed by atoms with Crippen LogP contribution in [0.4, 0.5) is 0 Å². The van der Waals surface area contributed by atoms with Crippen molar-refractivity contribution in [2.45, 2.75) is 355 Å². The predicted octanol–water partition coefficient (Wildman–Crippen LogP) is 18.0. The largest absolute Gasteiger partial charge is 0.392 e. The van der Waals surface area contributed by atoms with Gasteiger partial charge in [0.05, 0.1) is 18.3 Å². The SMILES string of the molecule is CCCCCCCCCCCCN(CCCCCCCCCCCC)CCN1CCN(CCN(CCN(CC(O)CCCCCCCCCC)CC(O)CCCCCCCCCC)CC(O)CCCCCCCCCC)CC1. The van der Waals surface area contributed by atoms with E-state index < -0.39 is 0 Å². The third kappa shape index (κ3) is 51.3. The van der Waals surface area contributed by atoms with Crippen LogP contribution in [0.1, 0.15) is 336 Å². The maximum absolute atomic E-state index is 11.5. The molecule has 0 aromatic rings. The Labute approximate surface area is 490 Å². The van der Waals surface area contributed by atoms with Gasteiger partial charge in [-0.05, 0) is 45.2 Å². The second-order valence-electron chi connectivity index (χ2n) is 25.7. The number of unbranched alkanes of at least 4 members (excludes halogenated alkanes) is 39. The molecule has 8 heteroatoms. The maximum Gasteiger partial charge on any atom is 0.0667 e. The van der Waals surface area contributed by atoms with Crippen LogP contribution in [-0.4, -0.2) is 156 Å². The highest BCUT2D eigenvalue weighted by molar-refractivity contribution is 4.78. The fourth-order valence-electron chi connectivity index (χ4n) is 12.3. The zero-order valence-corrected chi connectivity index (χ0v) is 54.2. The Hall–Kier alpha value is -0.320. The summed E-state index contributed by atoms with van der Waals surface area (Å²) < 4.78 is 0. The fourth-order valence-corrected chi connectivity index (χ4v) is 12.3. The van der Waals surface area contributed by atoms with E-state index in [2.05, 4.69) is 59.1 Å². The van der Waals surface area contributed by atoms with E-state index in [-0.39, 0.29) is 18.3 Å². The van der Waals surface area contributed by atoms with Crippen molar-refractivity contribution in [3.8, 4) is 0 Å². The van der Waals surface area contributed by atoms with Crippen molar-refractivity contribution in [2.75, 3.05) is 98.2 Å². The molecule has 3 N–H and O–H groups in total. The minimum atomic E-state index is -0.357. The van der Waals surface area contributed by atoms with E-state index >= 15 is 0 Å². The molecule has 1 fully saturated rings. The highest BCUT2D eigenvalue weighted by atomic mass is 16.3. The Morgan fingerprint density at radius 1 is 0.244 bits per heavy atom. The average molecular weight is 1100 g/mol. The summed E-state index contributed by atoms with van der Waals surface area (Å²) >= 11 is 0. The van der Waals surface area contributed by atoms with Gasteiger partial charge in [0, 0.05) is 85.1 Å². The van der Waals surface area contributed by atoms with E-state index in [9.17, 15) is 15.3 Å². The van der Waals surface area contributed by atoms with Crippen molar-refractivity contribution in [1.29, 1.82) is 0 Å². The number of piperazine rings is 1. The van der Waals surface area contributed by atoms with Crippen molar-refractivity contribution in [3.63, 3.8) is 0 Å². The summed E-state index contributed by atoms with van der Waals surface area (Å²) in [4.78, 5) is 13.2. The highest BCUT2D eigenvalue weighted by Gasteiger charge is 2.22. The lowest BCUT2D eigenvalue weighted by Gasteiger charge is -2.37. The molecule has 0 saturated carbocycles. The molecule has 1 rings (SSSR count). The van der Waals surface area contributed by atoms with Crippen LogP contribution in [0.2, 0.25) is 0 Å². The molecule has 0 bridgehead atoms. The van der Waals surface area contributed by atoms with Crippen LogP contribution < -0.4 is 0 Å². The zero-order valence-electron chi connectivity index (χ0n) is 54.2. The first-order chi connectivity index (χ1) is 38.3. The van der Waals surface area contributed by atoms with Crippen molar-refractivity contribution < 1.29 is 15.3 Å². The molecule has 0 amide bonds. The molecule has 3 atom stereocenters. The molecule has 0 aromatic heterocycles. The van der Waals surface area contributed by atoms with Gasteiger partial charge in [0.15, 0.2) is 0 Å². The normalized spacial score (nSPS) is 15.0. The molecule has 0 aromatic carbocycles. The lowest BCUT2D eigenvalue weighted by Crippen LogP contribution is -2.51. The minimum absolute atomic E-state index is 0.306. The van der Waals surface area contributed by atoms with Crippen LogP contribution in [0.3, 0.4) is 0 Å². The molecule has 3 unspecified atom stereocenters. The lowest BCUT2D eigenvalue weighted by atomic mass is 10.0. The van der Waals surface area contributed by atoms with Gasteiger partial charge in [-0.3, -0.25) is 19.6 Å². The average Bonchev–Trinajstić information content (AvgIpc) is 3.44. The Morgan fingerprint density at radius 2 is 0.462 bits per heavy atom. The summed E-state index contributed by atoms with van der Waals surface area (Å²) in [5.74, 6) is 0. The monoisotopic (exact) mass is 1100 g/mol. The van der Waals surface area contributed by atoms with Gasteiger partial charge in [-0.15, -0.1) is 0 Å². The summed E-state index contributed by atoms with van der Waals surface area (Å²) in [6.07, 6.45) is 60.6. The second-order valence-corrected chi connectivity index (χ2v) is 25.7. The summed E-state index contributed by atoms with van der Waals surface area (Å²) in [5.41, 5.74) is 0. The van der Waals surface area contributed by atoms with E-state index in [1.165, 1.54) is 289 Å². The highest BCUT2D eigenvalue weighted by Crippen LogP contribution is 2.18. The first-order valence-electron chi connectivity index (χ1n) is 36.0. The standard InChI is InChI=1S/C70H145N5O3/c1-6-11-16-21-26-31-33-38-43-48-53-71(54-49-44-39-34-32-27-22-17-12-7-2)55-56-72-57-59-73(60-58-72)61-62-74(65-68(76)50-45-40-35-28-23-18-13-8-3)63-64-75(66-69(77)51-46-41-36-29-24-19-14-9-4)67-70(78)52-47-42-37-30-25-20-15-10-5/h68-70,76-78H,6-67H2,1-5H3. The second kappa shape index (κ2) is 59.8. The number of rotatable bonds is 64. The van der Waals surface area contributed by atoms with Crippen LogP contribution >= 0.6 is 0 Å². The van der Waals surface area contributed by atoms with Gasteiger partial charge in [-0.2, -0.15) is 0 Å². The summed E-state index contributed by atoms with van der Waals surface area (Å²) in [6.45, 7) is 26.8. The smallest absolute Gasteiger partial charge is 0.0667 e. The Balaban J connectivity index is 2.86. The molecule has 0 spiro atoms. The Morgan fingerprint density at radius 3 is 0.744 bits per heavy atom. The molecule has 1 saturated heterocycles. The van der Waals surface area contributed by atoms with E-state index in [1.807, 2.05) is 0 Å². The number of aliphatic hydroxyl groups is 3. The van der Waals surface area contributed by atoms with Crippen molar-refractivity contribution in [2.24, 2.45) is 0 Å². The number of hydrogen-bond acceptors (Lipinski definition) is 8. The van der Waals surface area contributed by atoms with Crippen molar-refractivity contribution in [3.05, 3.63) is 0 Å². The quantitative estimate of drug-likeness (QED) is 0.0520. The molecule has 1 aliphatic heterocycles. The molecule has 1 aliphatic rings. The van der Waals surface area contributed by atoms with Crippen molar-refractivity contribution in [1.82, 2.24) is 24.5 Å². The molecule has 0 radical (unpaired) electrons. The first kappa shape index (κ1) is 75.7. The van der Waals surface area contributed by atoms with Gasteiger partial charge in [0.1, 0.15) is 0 Å². The van der Waals surface area contributed by atoms with E-state index in [0.717, 1.165) is 97.4 Å². The Bertz CT molecular complexity index is 1090. The molecule has 1 heterocycles. The number of nitrogens with zero attached hydrogens (tertiary/aromatic N) is 5. The predicted molar refractivity (Wildman–Crippen MR) is 346 cm³/mol. The minimum Gasteiger partial charge on any atom is -0.392 e. The molecular formula is C70H145N5O3. The number of hydrogen-bond donors (Lipinski definition) is 3. The van der Waals surface area contributed by atoms with Gasteiger partial charge < -0.3 is 20.2 Å². The molecule has 468 valence electrons. The fraction of sp³-hybridized carbons (Fsp3) is 1.00. The van der Waals surface area contributed by atoms with Crippen LogP contribution in [0.5, 0.6) is 0 Å². The third-order valence-corrected chi connectivity index (χ3v) is 17.9. The molecule has 78 heavy (non-hydrogen) atoms. The van der Waals surface area contributed by atoms with Gasteiger partial charge in [-0.1, -0.05) is 304 Å². The van der Waals surface area contributed by atoms with Gasteiger partial charge in [0.25, 0.3) is 0 Å². The van der Waals surface area contributed by atoms with Crippen LogP contribution in [0.25, 0.3) is 0 Å². The topological polar surface area (TPSA) is 76.9 Å². The van der Waals surface area contributed by atoms with Crippen molar-refractivity contribution >= 4 is 0 Å². The third-order valence-electron chi connectivity index (χ3n) is 17.9. The number of aliphatic hydroxyl groups excluding tert-OH is 3. The van der Waals surface area contributed by atoms with Gasteiger partial charge >= 0.3 is 0 Å². The lowest BCUT2D eigenvalue weighted by molar-refractivity contribution is 0.0445. The molecule has 0 aliphatic carbocycles. The molecular weight excluding hydrogens is 959 g/mol.